The molecule has 0 aliphatic rings. The molecule has 3 rings (SSSR count). The Bertz CT molecular complexity index is 691. The predicted molar refractivity (Wildman–Crippen MR) is 68.4 cm³/mol. The first-order valence-corrected chi connectivity index (χ1v) is 5.76. The summed E-state index contributed by atoms with van der Waals surface area (Å²) in [6, 6.07) is 11.0. The molecule has 1 aromatic carbocycles. The molecule has 0 bridgehead atoms. The Morgan fingerprint density at radius 1 is 1.00 bits per heavy atom. The van der Waals surface area contributed by atoms with E-state index in [4.69, 9.17) is 23.2 Å². The third-order valence-electron chi connectivity index (χ3n) is 2.49. The van der Waals surface area contributed by atoms with Crippen molar-refractivity contribution in [1.29, 1.82) is 0 Å². The highest BCUT2D eigenvalue weighted by Crippen LogP contribution is 2.29. The summed E-state index contributed by atoms with van der Waals surface area (Å²) >= 11 is 12.0. The second kappa shape index (κ2) is 4.02. The van der Waals surface area contributed by atoms with Crippen molar-refractivity contribution in [2.75, 3.05) is 0 Å². The Morgan fingerprint density at radius 3 is 2.71 bits per heavy atom. The number of halogens is 2. The van der Waals surface area contributed by atoms with E-state index in [0.717, 1.165) is 11.2 Å². The molecule has 0 amide bonds. The SMILES string of the molecule is Clc1ccc(-c2nnc3ccccn23)c(Cl)c1. The van der Waals surface area contributed by atoms with Crippen molar-refractivity contribution >= 4 is 28.8 Å². The van der Waals surface area contributed by atoms with Gasteiger partial charge in [0.05, 0.1) is 5.02 Å². The standard InChI is InChI=1S/C12H7Cl2N3/c13-8-4-5-9(10(14)7-8)12-16-15-11-3-1-2-6-17(11)12/h1-7H. The normalized spacial score (nSPS) is 10.9. The molecule has 0 aliphatic heterocycles. The lowest BCUT2D eigenvalue weighted by Crippen LogP contribution is -1.89. The Labute approximate surface area is 108 Å². The first-order chi connectivity index (χ1) is 8.25. The zero-order chi connectivity index (χ0) is 11.8. The topological polar surface area (TPSA) is 30.2 Å². The van der Waals surface area contributed by atoms with Crippen LogP contribution in [-0.4, -0.2) is 14.6 Å². The summed E-state index contributed by atoms with van der Waals surface area (Å²) in [5.74, 6) is 0.710. The Balaban J connectivity index is 2.27. The van der Waals surface area contributed by atoms with Gasteiger partial charge in [-0.1, -0.05) is 29.3 Å². The van der Waals surface area contributed by atoms with Gasteiger partial charge in [0.25, 0.3) is 0 Å². The van der Waals surface area contributed by atoms with Crippen LogP contribution in [0.2, 0.25) is 10.0 Å². The third-order valence-corrected chi connectivity index (χ3v) is 3.03. The van der Waals surface area contributed by atoms with E-state index >= 15 is 0 Å². The molecule has 2 aromatic heterocycles. The van der Waals surface area contributed by atoms with Gasteiger partial charge in [-0.25, -0.2) is 0 Å². The van der Waals surface area contributed by atoms with E-state index in [0.29, 0.717) is 15.9 Å². The van der Waals surface area contributed by atoms with Crippen molar-refractivity contribution in [3.63, 3.8) is 0 Å². The molecule has 5 heteroatoms. The minimum Gasteiger partial charge on any atom is -0.282 e. The van der Waals surface area contributed by atoms with E-state index in [-0.39, 0.29) is 0 Å². The number of nitrogens with zero attached hydrogens (tertiary/aromatic N) is 3. The fourth-order valence-electron chi connectivity index (χ4n) is 1.70. The van der Waals surface area contributed by atoms with Crippen LogP contribution in [0.3, 0.4) is 0 Å². The molecule has 17 heavy (non-hydrogen) atoms. The highest BCUT2D eigenvalue weighted by atomic mass is 35.5. The largest absolute Gasteiger partial charge is 0.282 e. The maximum atomic E-state index is 6.16. The Morgan fingerprint density at radius 2 is 1.88 bits per heavy atom. The summed E-state index contributed by atoms with van der Waals surface area (Å²) in [4.78, 5) is 0. The summed E-state index contributed by atoms with van der Waals surface area (Å²) in [6.45, 7) is 0. The van der Waals surface area contributed by atoms with Crippen LogP contribution in [0.5, 0.6) is 0 Å². The second-order valence-electron chi connectivity index (χ2n) is 3.58. The van der Waals surface area contributed by atoms with Gasteiger partial charge in [0.2, 0.25) is 0 Å². The first-order valence-electron chi connectivity index (χ1n) is 5.01. The summed E-state index contributed by atoms with van der Waals surface area (Å²) in [5, 5.41) is 9.39. The van der Waals surface area contributed by atoms with Crippen molar-refractivity contribution in [3.05, 3.63) is 52.6 Å². The van der Waals surface area contributed by atoms with Gasteiger partial charge in [0.1, 0.15) is 0 Å². The minimum atomic E-state index is 0.565. The maximum absolute atomic E-state index is 6.16. The lowest BCUT2D eigenvalue weighted by atomic mass is 10.2. The lowest BCUT2D eigenvalue weighted by Gasteiger charge is -2.02. The molecular formula is C12H7Cl2N3. The van der Waals surface area contributed by atoms with E-state index in [1.807, 2.05) is 34.9 Å². The predicted octanol–water partition coefficient (Wildman–Crippen LogP) is 3.70. The fraction of sp³-hybridized carbons (Fsp3) is 0. The summed E-state index contributed by atoms with van der Waals surface area (Å²) in [5.41, 5.74) is 1.60. The van der Waals surface area contributed by atoms with Crippen LogP contribution in [0.25, 0.3) is 17.0 Å². The van der Waals surface area contributed by atoms with Gasteiger partial charge in [-0.3, -0.25) is 4.40 Å². The molecule has 0 saturated carbocycles. The van der Waals surface area contributed by atoms with E-state index in [1.165, 1.54) is 0 Å². The zero-order valence-electron chi connectivity index (χ0n) is 8.64. The number of pyridine rings is 1. The van der Waals surface area contributed by atoms with Crippen LogP contribution in [0.15, 0.2) is 42.6 Å². The number of benzene rings is 1. The van der Waals surface area contributed by atoms with Gasteiger partial charge >= 0.3 is 0 Å². The number of rotatable bonds is 1. The number of hydrogen-bond acceptors (Lipinski definition) is 2. The highest BCUT2D eigenvalue weighted by Gasteiger charge is 2.10. The minimum absolute atomic E-state index is 0.565. The molecule has 0 spiro atoms. The first kappa shape index (κ1) is 10.6. The van der Waals surface area contributed by atoms with Crippen LogP contribution in [0, 0.1) is 0 Å². The summed E-state index contributed by atoms with van der Waals surface area (Å²) < 4.78 is 1.88. The molecule has 3 aromatic rings. The van der Waals surface area contributed by atoms with Gasteiger partial charge < -0.3 is 0 Å². The maximum Gasteiger partial charge on any atom is 0.169 e. The zero-order valence-corrected chi connectivity index (χ0v) is 10.2. The van der Waals surface area contributed by atoms with E-state index in [2.05, 4.69) is 10.2 Å². The molecular weight excluding hydrogens is 257 g/mol. The Hall–Kier alpha value is -1.58. The number of fused-ring (bicyclic) bond motifs is 1. The van der Waals surface area contributed by atoms with E-state index in [9.17, 15) is 0 Å². The quantitative estimate of drug-likeness (QED) is 0.670. The monoisotopic (exact) mass is 263 g/mol. The van der Waals surface area contributed by atoms with Crippen molar-refractivity contribution in [2.24, 2.45) is 0 Å². The van der Waals surface area contributed by atoms with Gasteiger partial charge in [-0.15, -0.1) is 10.2 Å². The second-order valence-corrected chi connectivity index (χ2v) is 4.42. The molecule has 0 fully saturated rings. The van der Waals surface area contributed by atoms with Crippen molar-refractivity contribution in [2.45, 2.75) is 0 Å². The van der Waals surface area contributed by atoms with E-state index in [1.54, 1.807) is 12.1 Å². The van der Waals surface area contributed by atoms with E-state index < -0.39 is 0 Å². The third kappa shape index (κ3) is 1.77. The number of hydrogen-bond donors (Lipinski definition) is 0. The van der Waals surface area contributed by atoms with Crippen molar-refractivity contribution in [1.82, 2.24) is 14.6 Å². The highest BCUT2D eigenvalue weighted by molar-refractivity contribution is 6.36. The summed E-state index contributed by atoms with van der Waals surface area (Å²) in [7, 11) is 0. The van der Waals surface area contributed by atoms with Crippen LogP contribution < -0.4 is 0 Å². The van der Waals surface area contributed by atoms with Crippen LogP contribution in [0.1, 0.15) is 0 Å². The molecule has 0 saturated heterocycles. The van der Waals surface area contributed by atoms with Crippen LogP contribution in [0.4, 0.5) is 0 Å². The van der Waals surface area contributed by atoms with Crippen molar-refractivity contribution in [3.8, 4) is 11.4 Å². The molecule has 2 heterocycles. The molecule has 0 aliphatic carbocycles. The molecule has 0 radical (unpaired) electrons. The molecule has 3 nitrogen and oxygen atoms in total. The van der Waals surface area contributed by atoms with Crippen LogP contribution >= 0.6 is 23.2 Å². The van der Waals surface area contributed by atoms with Crippen LogP contribution in [-0.2, 0) is 0 Å². The van der Waals surface area contributed by atoms with Gasteiger partial charge in [0.15, 0.2) is 11.5 Å². The lowest BCUT2D eigenvalue weighted by molar-refractivity contribution is 1.11. The summed E-state index contributed by atoms with van der Waals surface area (Å²) in [6.07, 6.45) is 1.90. The van der Waals surface area contributed by atoms with Gasteiger partial charge in [-0.2, -0.15) is 0 Å². The average Bonchev–Trinajstić information content (AvgIpc) is 2.73. The molecule has 0 N–H and O–H groups in total. The van der Waals surface area contributed by atoms with Gasteiger partial charge in [-0.05, 0) is 30.3 Å². The number of aromatic nitrogens is 3. The van der Waals surface area contributed by atoms with Crippen molar-refractivity contribution < 1.29 is 0 Å². The molecule has 84 valence electrons. The molecule has 0 unspecified atom stereocenters. The fourth-order valence-corrected chi connectivity index (χ4v) is 2.19. The smallest absolute Gasteiger partial charge is 0.169 e. The average molecular weight is 264 g/mol. The van der Waals surface area contributed by atoms with Gasteiger partial charge in [0, 0.05) is 16.8 Å². The Kier molecular flexibility index (Phi) is 2.50. The molecule has 0 atom stereocenters.